The first-order valence-electron chi connectivity index (χ1n) is 7.70. The van der Waals surface area contributed by atoms with Crippen LogP contribution >= 0.6 is 23.2 Å². The summed E-state index contributed by atoms with van der Waals surface area (Å²) in [6.45, 7) is 1.72. The smallest absolute Gasteiger partial charge is 0.160 e. The maximum atomic E-state index is 14.6. The van der Waals surface area contributed by atoms with Gasteiger partial charge in [-0.25, -0.2) is 8.78 Å². The second-order valence-electron chi connectivity index (χ2n) is 5.70. The number of ether oxygens (including phenoxy) is 1. The fraction of sp³-hybridized carbons (Fsp3) is 0.158. The molecule has 3 nitrogen and oxygen atoms in total. The summed E-state index contributed by atoms with van der Waals surface area (Å²) >= 11 is 12.1. The van der Waals surface area contributed by atoms with Crippen molar-refractivity contribution in [1.82, 2.24) is 10.2 Å². The van der Waals surface area contributed by atoms with Crippen LogP contribution in [0.25, 0.3) is 11.1 Å². The average Bonchev–Trinajstić information content (AvgIpc) is 2.61. The van der Waals surface area contributed by atoms with Crippen LogP contribution in [0.15, 0.2) is 36.4 Å². The molecule has 0 fully saturated rings. The summed E-state index contributed by atoms with van der Waals surface area (Å²) in [6.07, 6.45) is 0.373. The van der Waals surface area contributed by atoms with Crippen LogP contribution in [0.1, 0.15) is 16.8 Å². The lowest BCUT2D eigenvalue weighted by Crippen LogP contribution is -2.05. The normalized spacial score (nSPS) is 10.8. The molecule has 1 aromatic heterocycles. The minimum absolute atomic E-state index is 0.0671. The van der Waals surface area contributed by atoms with E-state index in [4.69, 9.17) is 27.9 Å². The number of aryl methyl sites for hydroxylation is 1. The summed E-state index contributed by atoms with van der Waals surface area (Å²) in [4.78, 5) is 0. The molecule has 0 unspecified atom stereocenters. The van der Waals surface area contributed by atoms with E-state index in [2.05, 4.69) is 10.2 Å². The van der Waals surface area contributed by atoms with Crippen LogP contribution in [-0.4, -0.2) is 17.3 Å². The predicted molar refractivity (Wildman–Crippen MR) is 97.9 cm³/mol. The van der Waals surface area contributed by atoms with Crippen LogP contribution in [0.5, 0.6) is 5.75 Å². The minimum atomic E-state index is -0.784. The van der Waals surface area contributed by atoms with E-state index in [1.54, 1.807) is 19.1 Å². The molecule has 0 amide bonds. The highest BCUT2D eigenvalue weighted by molar-refractivity contribution is 6.32. The molecule has 26 heavy (non-hydrogen) atoms. The number of benzene rings is 2. The zero-order valence-electron chi connectivity index (χ0n) is 14.0. The summed E-state index contributed by atoms with van der Waals surface area (Å²) in [5, 5.41) is 8.35. The molecule has 3 rings (SSSR count). The SMILES string of the molecule is COc1cc(F)c(-c2c(Cl)nnc(C)c2Cc2ccc(Cl)cc2)c(F)c1. The van der Waals surface area contributed by atoms with Crippen LogP contribution in [0.3, 0.4) is 0 Å². The molecule has 0 saturated heterocycles. The molecule has 0 aliphatic heterocycles. The molecule has 3 aromatic rings. The van der Waals surface area contributed by atoms with Gasteiger partial charge in [-0.1, -0.05) is 35.3 Å². The summed E-state index contributed by atoms with van der Waals surface area (Å²) in [5.41, 5.74) is 1.96. The van der Waals surface area contributed by atoms with Crippen molar-refractivity contribution in [3.8, 4) is 16.9 Å². The molecular formula is C19H14Cl2F2N2O. The first kappa shape index (κ1) is 18.5. The van der Waals surface area contributed by atoms with Crippen LogP contribution in [0.2, 0.25) is 10.2 Å². The fourth-order valence-corrected chi connectivity index (χ4v) is 3.09. The molecule has 0 atom stereocenters. The van der Waals surface area contributed by atoms with E-state index in [0.29, 0.717) is 22.7 Å². The zero-order chi connectivity index (χ0) is 18.8. The summed E-state index contributed by atoms with van der Waals surface area (Å²) in [5.74, 6) is -1.49. The monoisotopic (exact) mass is 394 g/mol. The van der Waals surface area contributed by atoms with Crippen LogP contribution in [0, 0.1) is 18.6 Å². The van der Waals surface area contributed by atoms with Gasteiger partial charge in [0.1, 0.15) is 17.4 Å². The van der Waals surface area contributed by atoms with Gasteiger partial charge in [-0.05, 0) is 30.2 Å². The summed E-state index contributed by atoms with van der Waals surface area (Å²) in [6, 6.07) is 9.38. The standard InChI is InChI=1S/C19H14Cl2F2N2O/c1-10-14(7-11-3-5-12(20)6-4-11)17(19(21)25-24-10)18-15(22)8-13(26-2)9-16(18)23/h3-6,8-9H,7H2,1-2H3. The molecule has 1 heterocycles. The Bertz CT molecular complexity index is 939. The third kappa shape index (κ3) is 3.64. The van der Waals surface area contributed by atoms with Crippen molar-refractivity contribution in [2.75, 3.05) is 7.11 Å². The lowest BCUT2D eigenvalue weighted by Gasteiger charge is -2.15. The van der Waals surface area contributed by atoms with Crippen molar-refractivity contribution in [2.45, 2.75) is 13.3 Å². The highest BCUT2D eigenvalue weighted by Crippen LogP contribution is 2.37. The van der Waals surface area contributed by atoms with Gasteiger partial charge in [0.2, 0.25) is 0 Å². The number of methoxy groups -OCH3 is 1. The Labute approximate surface area is 159 Å². The molecule has 0 spiro atoms. The van der Waals surface area contributed by atoms with Crippen LogP contribution < -0.4 is 4.74 Å². The Morgan fingerprint density at radius 1 is 0.962 bits per heavy atom. The van der Waals surface area contributed by atoms with E-state index in [1.807, 2.05) is 12.1 Å². The van der Waals surface area contributed by atoms with E-state index in [-0.39, 0.29) is 22.0 Å². The minimum Gasteiger partial charge on any atom is -0.497 e. The van der Waals surface area contributed by atoms with Gasteiger partial charge < -0.3 is 4.74 Å². The molecule has 0 N–H and O–H groups in total. The van der Waals surface area contributed by atoms with Gasteiger partial charge in [-0.3, -0.25) is 0 Å². The maximum Gasteiger partial charge on any atom is 0.160 e. The molecule has 2 aromatic carbocycles. The Morgan fingerprint density at radius 3 is 2.15 bits per heavy atom. The highest BCUT2D eigenvalue weighted by atomic mass is 35.5. The maximum absolute atomic E-state index is 14.6. The van der Waals surface area contributed by atoms with Gasteiger partial charge in [-0.2, -0.15) is 5.10 Å². The Hall–Kier alpha value is -2.24. The van der Waals surface area contributed by atoms with E-state index in [1.165, 1.54) is 7.11 Å². The average molecular weight is 395 g/mol. The van der Waals surface area contributed by atoms with Gasteiger partial charge in [0, 0.05) is 29.1 Å². The highest BCUT2D eigenvalue weighted by Gasteiger charge is 2.22. The lowest BCUT2D eigenvalue weighted by atomic mass is 9.94. The number of halogens is 4. The molecule has 0 radical (unpaired) electrons. The Balaban J connectivity index is 2.19. The topological polar surface area (TPSA) is 35.0 Å². The van der Waals surface area contributed by atoms with Gasteiger partial charge in [0.25, 0.3) is 0 Å². The number of hydrogen-bond acceptors (Lipinski definition) is 3. The zero-order valence-corrected chi connectivity index (χ0v) is 15.5. The second kappa shape index (κ2) is 7.56. The Kier molecular flexibility index (Phi) is 5.39. The third-order valence-electron chi connectivity index (χ3n) is 4.03. The first-order valence-corrected chi connectivity index (χ1v) is 8.45. The third-order valence-corrected chi connectivity index (χ3v) is 4.54. The van der Waals surface area contributed by atoms with E-state index in [9.17, 15) is 8.78 Å². The molecule has 0 aliphatic carbocycles. The van der Waals surface area contributed by atoms with Crippen molar-refractivity contribution in [3.05, 3.63) is 75.0 Å². The molecule has 134 valence electrons. The van der Waals surface area contributed by atoms with Gasteiger partial charge in [-0.15, -0.1) is 5.10 Å². The van der Waals surface area contributed by atoms with E-state index < -0.39 is 11.6 Å². The number of rotatable bonds is 4. The second-order valence-corrected chi connectivity index (χ2v) is 6.49. The van der Waals surface area contributed by atoms with Crippen molar-refractivity contribution >= 4 is 23.2 Å². The number of aromatic nitrogens is 2. The van der Waals surface area contributed by atoms with E-state index >= 15 is 0 Å². The lowest BCUT2D eigenvalue weighted by molar-refractivity contribution is 0.407. The van der Waals surface area contributed by atoms with Crippen molar-refractivity contribution in [3.63, 3.8) is 0 Å². The molecule has 0 bridgehead atoms. The molecular weight excluding hydrogens is 381 g/mol. The van der Waals surface area contributed by atoms with E-state index in [0.717, 1.165) is 17.7 Å². The molecule has 0 aliphatic rings. The van der Waals surface area contributed by atoms with Gasteiger partial charge >= 0.3 is 0 Å². The fourth-order valence-electron chi connectivity index (χ4n) is 2.72. The number of nitrogens with zero attached hydrogens (tertiary/aromatic N) is 2. The summed E-state index contributed by atoms with van der Waals surface area (Å²) < 4.78 is 34.1. The van der Waals surface area contributed by atoms with Gasteiger partial charge in [0.05, 0.1) is 18.4 Å². The van der Waals surface area contributed by atoms with Crippen molar-refractivity contribution in [1.29, 1.82) is 0 Å². The number of hydrogen-bond donors (Lipinski definition) is 0. The van der Waals surface area contributed by atoms with Crippen LogP contribution in [-0.2, 0) is 6.42 Å². The first-order chi connectivity index (χ1) is 12.4. The quantitative estimate of drug-likeness (QED) is 0.574. The van der Waals surface area contributed by atoms with Crippen LogP contribution in [0.4, 0.5) is 8.78 Å². The summed E-state index contributed by atoms with van der Waals surface area (Å²) in [7, 11) is 1.34. The Morgan fingerprint density at radius 2 is 1.58 bits per heavy atom. The van der Waals surface area contributed by atoms with Crippen molar-refractivity contribution in [2.24, 2.45) is 0 Å². The van der Waals surface area contributed by atoms with Gasteiger partial charge in [0.15, 0.2) is 5.15 Å². The molecule has 0 saturated carbocycles. The predicted octanol–water partition coefficient (Wildman–Crippen LogP) is 5.64. The largest absolute Gasteiger partial charge is 0.497 e. The van der Waals surface area contributed by atoms with Crippen molar-refractivity contribution < 1.29 is 13.5 Å². The molecule has 7 heteroatoms.